The van der Waals surface area contributed by atoms with E-state index in [1.807, 2.05) is 12.1 Å². The molecule has 0 radical (unpaired) electrons. The van der Waals surface area contributed by atoms with E-state index in [0.29, 0.717) is 17.9 Å². The number of hydrogen-bond acceptors (Lipinski definition) is 3. The van der Waals surface area contributed by atoms with Crippen LogP contribution in [0.4, 0.5) is 0 Å². The lowest BCUT2D eigenvalue weighted by Crippen LogP contribution is -2.12. The number of amidine groups is 1. The maximum Gasteiger partial charge on any atom is 0.130 e. The molecule has 4 heteroatoms. The fraction of sp³-hybridized carbons (Fsp3) is 0.417. The second-order valence-electron chi connectivity index (χ2n) is 3.50. The molecule has 1 rings (SSSR count). The van der Waals surface area contributed by atoms with Crippen molar-refractivity contribution < 1.29 is 9.47 Å². The predicted molar refractivity (Wildman–Crippen MR) is 64.0 cm³/mol. The summed E-state index contributed by atoms with van der Waals surface area (Å²) in [6, 6.07) is 5.53. The van der Waals surface area contributed by atoms with Crippen molar-refractivity contribution in [1.29, 1.82) is 5.41 Å². The van der Waals surface area contributed by atoms with Gasteiger partial charge in [-0.05, 0) is 24.1 Å². The van der Waals surface area contributed by atoms with E-state index >= 15 is 0 Å². The van der Waals surface area contributed by atoms with Crippen LogP contribution >= 0.6 is 0 Å². The number of nitrogens with two attached hydrogens (primary N) is 1. The minimum absolute atomic E-state index is 0.0119. The van der Waals surface area contributed by atoms with Crippen LogP contribution < -0.4 is 10.5 Å². The van der Waals surface area contributed by atoms with Gasteiger partial charge in [-0.1, -0.05) is 13.0 Å². The number of nitrogens with one attached hydrogen (secondary N) is 1. The van der Waals surface area contributed by atoms with Crippen LogP contribution in [0.5, 0.6) is 5.75 Å². The molecule has 0 saturated heterocycles. The van der Waals surface area contributed by atoms with Crippen molar-refractivity contribution in [3.05, 3.63) is 29.3 Å². The highest BCUT2D eigenvalue weighted by Gasteiger charge is 2.06. The molecule has 0 heterocycles. The second kappa shape index (κ2) is 6.12. The molecule has 1 aromatic carbocycles. The monoisotopic (exact) mass is 222 g/mol. The molecule has 0 saturated carbocycles. The van der Waals surface area contributed by atoms with Gasteiger partial charge in [-0.2, -0.15) is 0 Å². The topological polar surface area (TPSA) is 68.3 Å². The molecule has 0 aromatic heterocycles. The van der Waals surface area contributed by atoms with E-state index in [1.165, 1.54) is 0 Å². The first-order chi connectivity index (χ1) is 7.69. The van der Waals surface area contributed by atoms with Gasteiger partial charge < -0.3 is 15.2 Å². The largest absolute Gasteiger partial charge is 0.496 e. The Morgan fingerprint density at radius 2 is 2.19 bits per heavy atom. The van der Waals surface area contributed by atoms with Gasteiger partial charge in [0.25, 0.3) is 0 Å². The van der Waals surface area contributed by atoms with Crippen LogP contribution in [0.15, 0.2) is 18.2 Å². The Morgan fingerprint density at radius 3 is 2.75 bits per heavy atom. The molecule has 0 fully saturated rings. The summed E-state index contributed by atoms with van der Waals surface area (Å²) in [5.41, 5.74) is 7.07. The van der Waals surface area contributed by atoms with E-state index in [9.17, 15) is 0 Å². The molecule has 0 aliphatic carbocycles. The normalized spacial score (nSPS) is 10.1. The Kier molecular flexibility index (Phi) is 4.79. The third-order valence-corrected chi connectivity index (χ3v) is 2.17. The average Bonchev–Trinajstić information content (AvgIpc) is 2.29. The summed E-state index contributed by atoms with van der Waals surface area (Å²) in [4.78, 5) is 0. The number of rotatable bonds is 6. The minimum Gasteiger partial charge on any atom is -0.496 e. The molecular weight excluding hydrogens is 204 g/mol. The quantitative estimate of drug-likeness (QED) is 0.439. The van der Waals surface area contributed by atoms with Crippen molar-refractivity contribution in [2.24, 2.45) is 5.73 Å². The summed E-state index contributed by atoms with van der Waals surface area (Å²) in [5.74, 6) is 0.628. The fourth-order valence-electron chi connectivity index (χ4n) is 1.38. The molecule has 0 atom stereocenters. The molecule has 0 aliphatic heterocycles. The highest BCUT2D eigenvalue weighted by atomic mass is 16.5. The SMILES string of the molecule is CCCOCc1ccc(C(=N)N)c(OC)c1. The maximum absolute atomic E-state index is 7.38. The molecule has 1 aromatic rings. The van der Waals surface area contributed by atoms with Crippen molar-refractivity contribution in [2.75, 3.05) is 13.7 Å². The Labute approximate surface area is 95.9 Å². The summed E-state index contributed by atoms with van der Waals surface area (Å²) in [6.07, 6.45) is 1.00. The molecule has 16 heavy (non-hydrogen) atoms. The summed E-state index contributed by atoms with van der Waals surface area (Å²) >= 11 is 0. The van der Waals surface area contributed by atoms with Crippen molar-refractivity contribution in [2.45, 2.75) is 20.0 Å². The molecule has 3 N–H and O–H groups in total. The molecule has 0 aliphatic rings. The van der Waals surface area contributed by atoms with Gasteiger partial charge in [0, 0.05) is 6.61 Å². The van der Waals surface area contributed by atoms with Crippen LogP contribution in [-0.2, 0) is 11.3 Å². The Bertz CT molecular complexity index is 364. The molecule has 4 nitrogen and oxygen atoms in total. The maximum atomic E-state index is 7.38. The van der Waals surface area contributed by atoms with Gasteiger partial charge in [0.15, 0.2) is 0 Å². The minimum atomic E-state index is 0.0119. The lowest BCUT2D eigenvalue weighted by molar-refractivity contribution is 0.121. The van der Waals surface area contributed by atoms with E-state index in [2.05, 4.69) is 6.92 Å². The number of nitrogen functional groups attached to an aromatic ring is 1. The number of benzene rings is 1. The fourth-order valence-corrected chi connectivity index (χ4v) is 1.38. The summed E-state index contributed by atoms with van der Waals surface area (Å²) in [5, 5.41) is 7.38. The average molecular weight is 222 g/mol. The lowest BCUT2D eigenvalue weighted by atomic mass is 10.1. The molecule has 0 bridgehead atoms. The van der Waals surface area contributed by atoms with Gasteiger partial charge in [-0.3, -0.25) is 5.41 Å². The highest BCUT2D eigenvalue weighted by molar-refractivity contribution is 5.97. The zero-order valence-corrected chi connectivity index (χ0v) is 9.75. The van der Waals surface area contributed by atoms with E-state index in [-0.39, 0.29) is 5.84 Å². The summed E-state index contributed by atoms with van der Waals surface area (Å²) in [6.45, 7) is 3.37. The summed E-state index contributed by atoms with van der Waals surface area (Å²) in [7, 11) is 1.57. The smallest absolute Gasteiger partial charge is 0.130 e. The van der Waals surface area contributed by atoms with Crippen molar-refractivity contribution in [1.82, 2.24) is 0 Å². The number of methoxy groups -OCH3 is 1. The Morgan fingerprint density at radius 1 is 1.44 bits per heavy atom. The molecule has 0 amide bonds. The first-order valence-corrected chi connectivity index (χ1v) is 5.28. The number of ether oxygens (including phenoxy) is 2. The third kappa shape index (κ3) is 3.24. The van der Waals surface area contributed by atoms with Gasteiger partial charge in [0.05, 0.1) is 19.3 Å². The summed E-state index contributed by atoms with van der Waals surface area (Å²) < 4.78 is 10.6. The molecule has 0 spiro atoms. The van der Waals surface area contributed by atoms with Gasteiger partial charge in [0.2, 0.25) is 0 Å². The zero-order valence-electron chi connectivity index (χ0n) is 9.75. The van der Waals surface area contributed by atoms with Gasteiger partial charge in [-0.15, -0.1) is 0 Å². The third-order valence-electron chi connectivity index (χ3n) is 2.17. The van der Waals surface area contributed by atoms with Crippen LogP contribution in [0.25, 0.3) is 0 Å². The Hall–Kier alpha value is -1.55. The second-order valence-corrected chi connectivity index (χ2v) is 3.50. The van der Waals surface area contributed by atoms with Crippen LogP contribution in [0.2, 0.25) is 0 Å². The van der Waals surface area contributed by atoms with Gasteiger partial charge >= 0.3 is 0 Å². The van der Waals surface area contributed by atoms with Crippen LogP contribution in [0, 0.1) is 5.41 Å². The van der Waals surface area contributed by atoms with Crippen LogP contribution in [-0.4, -0.2) is 19.6 Å². The van der Waals surface area contributed by atoms with Crippen LogP contribution in [0.3, 0.4) is 0 Å². The van der Waals surface area contributed by atoms with Crippen molar-refractivity contribution in [3.63, 3.8) is 0 Å². The standard InChI is InChI=1S/C12H18N2O2/c1-3-6-16-8-9-4-5-10(12(13)14)11(7-9)15-2/h4-5,7H,3,6,8H2,1-2H3,(H3,13,14). The molecular formula is C12H18N2O2. The zero-order chi connectivity index (χ0) is 12.0. The van der Waals surface area contributed by atoms with Crippen molar-refractivity contribution >= 4 is 5.84 Å². The first-order valence-electron chi connectivity index (χ1n) is 5.28. The van der Waals surface area contributed by atoms with E-state index in [0.717, 1.165) is 18.6 Å². The van der Waals surface area contributed by atoms with E-state index in [1.54, 1.807) is 13.2 Å². The highest BCUT2D eigenvalue weighted by Crippen LogP contribution is 2.20. The first kappa shape index (κ1) is 12.5. The van der Waals surface area contributed by atoms with Crippen LogP contribution in [0.1, 0.15) is 24.5 Å². The predicted octanol–water partition coefficient (Wildman–Crippen LogP) is 1.91. The molecule has 88 valence electrons. The Balaban J connectivity index is 2.78. The van der Waals surface area contributed by atoms with Gasteiger partial charge in [0.1, 0.15) is 11.6 Å². The lowest BCUT2D eigenvalue weighted by Gasteiger charge is -2.09. The van der Waals surface area contributed by atoms with Gasteiger partial charge in [-0.25, -0.2) is 0 Å². The number of hydrogen-bond donors (Lipinski definition) is 2. The molecule has 0 unspecified atom stereocenters. The van der Waals surface area contributed by atoms with E-state index < -0.39 is 0 Å². The van der Waals surface area contributed by atoms with Crippen molar-refractivity contribution in [3.8, 4) is 5.75 Å². The van der Waals surface area contributed by atoms with E-state index in [4.69, 9.17) is 20.6 Å².